The van der Waals surface area contributed by atoms with E-state index in [1.165, 1.54) is 0 Å². The van der Waals surface area contributed by atoms with E-state index in [9.17, 15) is 4.79 Å². The summed E-state index contributed by atoms with van der Waals surface area (Å²) in [6, 6.07) is 3.65. The zero-order valence-electron chi connectivity index (χ0n) is 13.0. The van der Waals surface area contributed by atoms with Gasteiger partial charge in [0.2, 0.25) is 0 Å². The number of ether oxygens (including phenoxy) is 1. The van der Waals surface area contributed by atoms with Crippen molar-refractivity contribution in [2.75, 3.05) is 19.7 Å². The maximum atomic E-state index is 12.8. The van der Waals surface area contributed by atoms with Crippen LogP contribution in [0.25, 0.3) is 0 Å². The molecule has 1 heterocycles. The summed E-state index contributed by atoms with van der Waals surface area (Å²) in [4.78, 5) is 12.8. The van der Waals surface area contributed by atoms with E-state index < -0.39 is 0 Å². The lowest BCUT2D eigenvalue weighted by Gasteiger charge is -2.23. The van der Waals surface area contributed by atoms with Crippen LogP contribution in [0.4, 0.5) is 0 Å². The number of nitrogens with one attached hydrogen (secondary N) is 1. The number of halogens is 1. The van der Waals surface area contributed by atoms with Crippen LogP contribution < -0.4 is 10.1 Å². The number of benzene rings is 1. The molecule has 1 N–H and O–H groups in total. The van der Waals surface area contributed by atoms with Gasteiger partial charge in [-0.2, -0.15) is 0 Å². The van der Waals surface area contributed by atoms with Gasteiger partial charge in [0, 0.05) is 17.5 Å². The average Bonchev–Trinajstić information content (AvgIpc) is 2.48. The summed E-state index contributed by atoms with van der Waals surface area (Å²) in [5.74, 6) is 1.25. The lowest BCUT2D eigenvalue weighted by molar-refractivity contribution is 0.0894. The second kappa shape index (κ2) is 7.28. The van der Waals surface area contributed by atoms with Gasteiger partial charge < -0.3 is 10.1 Å². The van der Waals surface area contributed by atoms with Crippen molar-refractivity contribution in [3.8, 4) is 5.75 Å². The molecule has 0 spiro atoms. The van der Waals surface area contributed by atoms with E-state index in [0.717, 1.165) is 31.5 Å². The summed E-state index contributed by atoms with van der Waals surface area (Å²) in [5, 5.41) is 3.91. The smallest absolute Gasteiger partial charge is 0.170 e. The maximum Gasteiger partial charge on any atom is 0.170 e. The fourth-order valence-corrected chi connectivity index (χ4v) is 2.68. The first-order chi connectivity index (χ1) is 9.99. The molecule has 1 aliphatic heterocycles. The molecular formula is C17H24ClNO2. The Kier molecular flexibility index (Phi) is 5.65. The number of hydrogen-bond acceptors (Lipinski definition) is 3. The molecule has 4 heteroatoms. The number of carbonyl (C=O) groups excluding carboxylic acids is 1. The van der Waals surface area contributed by atoms with E-state index in [1.807, 2.05) is 13.0 Å². The van der Waals surface area contributed by atoms with Crippen LogP contribution in [0.1, 0.15) is 42.6 Å². The first kappa shape index (κ1) is 16.3. The first-order valence-electron chi connectivity index (χ1n) is 7.67. The van der Waals surface area contributed by atoms with E-state index >= 15 is 0 Å². The lowest BCUT2D eigenvalue weighted by Crippen LogP contribution is -2.34. The topological polar surface area (TPSA) is 38.3 Å². The highest BCUT2D eigenvalue weighted by Crippen LogP contribution is 2.30. The Hall–Kier alpha value is -1.06. The van der Waals surface area contributed by atoms with Crippen LogP contribution in [0.5, 0.6) is 5.75 Å². The molecule has 21 heavy (non-hydrogen) atoms. The van der Waals surface area contributed by atoms with Crippen molar-refractivity contribution in [2.24, 2.45) is 11.8 Å². The van der Waals surface area contributed by atoms with Crippen molar-refractivity contribution in [3.05, 3.63) is 28.3 Å². The van der Waals surface area contributed by atoms with E-state index in [2.05, 4.69) is 19.2 Å². The summed E-state index contributed by atoms with van der Waals surface area (Å²) in [6.45, 7) is 8.46. The summed E-state index contributed by atoms with van der Waals surface area (Å²) in [6.07, 6.45) is 1.97. The minimum Gasteiger partial charge on any atom is -0.493 e. The number of piperidine rings is 1. The van der Waals surface area contributed by atoms with Crippen molar-refractivity contribution in [3.63, 3.8) is 0 Å². The van der Waals surface area contributed by atoms with Crippen molar-refractivity contribution >= 4 is 17.4 Å². The third-order valence-electron chi connectivity index (χ3n) is 3.77. The highest BCUT2D eigenvalue weighted by atomic mass is 35.5. The van der Waals surface area contributed by atoms with Crippen LogP contribution in [-0.4, -0.2) is 25.5 Å². The fourth-order valence-electron chi connectivity index (χ4n) is 2.52. The molecule has 1 fully saturated rings. The van der Waals surface area contributed by atoms with Gasteiger partial charge in [0.15, 0.2) is 5.78 Å². The highest BCUT2D eigenvalue weighted by Gasteiger charge is 2.25. The predicted octanol–water partition coefficient (Wildman–Crippen LogP) is 3.87. The first-order valence-corrected chi connectivity index (χ1v) is 8.04. The van der Waals surface area contributed by atoms with E-state index in [-0.39, 0.29) is 11.7 Å². The fraction of sp³-hybridized carbons (Fsp3) is 0.588. The summed E-state index contributed by atoms with van der Waals surface area (Å²) in [5.41, 5.74) is 1.56. The summed E-state index contributed by atoms with van der Waals surface area (Å²) >= 11 is 6.21. The van der Waals surface area contributed by atoms with Crippen LogP contribution in [0, 0.1) is 18.8 Å². The summed E-state index contributed by atoms with van der Waals surface area (Å²) < 4.78 is 5.85. The Morgan fingerprint density at radius 2 is 2.24 bits per heavy atom. The molecule has 1 atom stereocenters. The second-order valence-corrected chi connectivity index (χ2v) is 6.62. The van der Waals surface area contributed by atoms with Gasteiger partial charge >= 0.3 is 0 Å². The number of aryl methyl sites for hydroxylation is 1. The molecule has 0 bridgehead atoms. The molecule has 0 saturated carbocycles. The van der Waals surface area contributed by atoms with E-state index in [1.54, 1.807) is 6.07 Å². The molecule has 0 aliphatic carbocycles. The molecule has 1 saturated heterocycles. The van der Waals surface area contributed by atoms with E-state index in [0.29, 0.717) is 28.9 Å². The standard InChI is InChI=1S/C17H24ClNO2/c1-11(2)10-21-16-7-12(3)15(18)8-14(16)17(20)13-5-4-6-19-9-13/h7-8,11,13,19H,4-6,9-10H2,1-3H3. The molecule has 3 nitrogen and oxygen atoms in total. The number of Topliss-reactive ketones (excluding diaryl/α,β-unsaturated/α-hetero) is 1. The molecule has 1 aromatic carbocycles. The Morgan fingerprint density at radius 3 is 2.86 bits per heavy atom. The molecule has 2 rings (SSSR count). The number of hydrogen-bond donors (Lipinski definition) is 1. The van der Waals surface area contributed by atoms with Crippen molar-refractivity contribution in [2.45, 2.75) is 33.6 Å². The second-order valence-electron chi connectivity index (χ2n) is 6.21. The normalized spacial score (nSPS) is 18.8. The Morgan fingerprint density at radius 1 is 1.48 bits per heavy atom. The van der Waals surface area contributed by atoms with Crippen molar-refractivity contribution < 1.29 is 9.53 Å². The molecule has 116 valence electrons. The van der Waals surface area contributed by atoms with Gasteiger partial charge in [0.1, 0.15) is 5.75 Å². The molecule has 0 amide bonds. The third kappa shape index (κ3) is 4.21. The quantitative estimate of drug-likeness (QED) is 0.839. The van der Waals surface area contributed by atoms with Gasteiger partial charge in [-0.25, -0.2) is 0 Å². The zero-order valence-corrected chi connectivity index (χ0v) is 13.8. The maximum absolute atomic E-state index is 12.8. The van der Waals surface area contributed by atoms with Gasteiger partial charge in [-0.1, -0.05) is 25.4 Å². The minimum atomic E-state index is 0.0268. The molecule has 0 radical (unpaired) electrons. The molecule has 0 aromatic heterocycles. The lowest BCUT2D eigenvalue weighted by atomic mass is 9.90. The van der Waals surface area contributed by atoms with Crippen LogP contribution in [0.2, 0.25) is 5.02 Å². The Bertz CT molecular complexity index is 508. The number of carbonyl (C=O) groups is 1. The van der Waals surface area contributed by atoms with Gasteiger partial charge in [-0.05, 0) is 49.9 Å². The number of ketones is 1. The van der Waals surface area contributed by atoms with Gasteiger partial charge in [-0.15, -0.1) is 0 Å². The SMILES string of the molecule is Cc1cc(OCC(C)C)c(C(=O)C2CCCNC2)cc1Cl. The number of rotatable bonds is 5. The van der Waals surface area contributed by atoms with Crippen LogP contribution in [-0.2, 0) is 0 Å². The molecule has 1 aliphatic rings. The Labute approximate surface area is 132 Å². The van der Waals surface area contributed by atoms with Gasteiger partial charge in [-0.3, -0.25) is 4.79 Å². The van der Waals surface area contributed by atoms with Gasteiger partial charge in [0.25, 0.3) is 0 Å². The van der Waals surface area contributed by atoms with Crippen LogP contribution in [0.3, 0.4) is 0 Å². The third-order valence-corrected chi connectivity index (χ3v) is 4.17. The molecule has 1 aromatic rings. The largest absolute Gasteiger partial charge is 0.493 e. The van der Waals surface area contributed by atoms with E-state index in [4.69, 9.17) is 16.3 Å². The van der Waals surface area contributed by atoms with Crippen molar-refractivity contribution in [1.82, 2.24) is 5.32 Å². The predicted molar refractivity (Wildman–Crippen MR) is 86.4 cm³/mol. The molecule has 1 unspecified atom stereocenters. The zero-order chi connectivity index (χ0) is 15.4. The summed E-state index contributed by atoms with van der Waals surface area (Å²) in [7, 11) is 0. The Balaban J connectivity index is 2.26. The minimum absolute atomic E-state index is 0.0268. The van der Waals surface area contributed by atoms with Gasteiger partial charge in [0.05, 0.1) is 12.2 Å². The highest BCUT2D eigenvalue weighted by molar-refractivity contribution is 6.31. The molecular weight excluding hydrogens is 286 g/mol. The van der Waals surface area contributed by atoms with Crippen molar-refractivity contribution in [1.29, 1.82) is 0 Å². The monoisotopic (exact) mass is 309 g/mol. The van der Waals surface area contributed by atoms with Crippen LogP contribution in [0.15, 0.2) is 12.1 Å². The average molecular weight is 310 g/mol. The van der Waals surface area contributed by atoms with Crippen LogP contribution >= 0.6 is 11.6 Å².